The van der Waals surface area contributed by atoms with E-state index in [2.05, 4.69) is 39.6 Å². The van der Waals surface area contributed by atoms with E-state index in [0.29, 0.717) is 11.3 Å². The first kappa shape index (κ1) is 13.8. The lowest BCUT2D eigenvalue weighted by Crippen LogP contribution is -2.19. The number of rotatable bonds is 2. The summed E-state index contributed by atoms with van der Waals surface area (Å²) in [6.07, 6.45) is 1.13. The van der Waals surface area contributed by atoms with Gasteiger partial charge in [0.15, 0.2) is 0 Å². The van der Waals surface area contributed by atoms with Crippen LogP contribution in [-0.2, 0) is 0 Å². The standard InChI is InChI=1S/C14H13BrClNS2/c1-8-6-12(10-4-5-18-14(10)19-8)17-13-7-9(16)2-3-11(13)15/h2-5,7-8,12,17H,6H2,1H3/t8-,12?/m0/s1. The van der Waals surface area contributed by atoms with Gasteiger partial charge in [0.25, 0.3) is 0 Å². The summed E-state index contributed by atoms with van der Waals surface area (Å²) >= 11 is 13.5. The first-order chi connectivity index (χ1) is 9.13. The van der Waals surface area contributed by atoms with Crippen LogP contribution in [0.2, 0.25) is 5.02 Å². The molecule has 0 bridgehead atoms. The topological polar surface area (TPSA) is 12.0 Å². The molecule has 1 unspecified atom stereocenters. The zero-order valence-electron chi connectivity index (χ0n) is 10.3. The van der Waals surface area contributed by atoms with Crippen LogP contribution >= 0.6 is 50.6 Å². The number of nitrogens with one attached hydrogen (secondary N) is 1. The molecule has 1 aromatic carbocycles. The fourth-order valence-electron chi connectivity index (χ4n) is 2.28. The molecule has 1 N–H and O–H groups in total. The number of fused-ring (bicyclic) bond motifs is 1. The van der Waals surface area contributed by atoms with Crippen LogP contribution < -0.4 is 5.32 Å². The van der Waals surface area contributed by atoms with Gasteiger partial charge in [-0.05, 0) is 57.6 Å². The highest BCUT2D eigenvalue weighted by molar-refractivity contribution is 9.10. The third-order valence-electron chi connectivity index (χ3n) is 3.17. The van der Waals surface area contributed by atoms with Crippen molar-refractivity contribution in [3.05, 3.63) is 44.7 Å². The average Bonchev–Trinajstić information content (AvgIpc) is 2.82. The average molecular weight is 375 g/mol. The second kappa shape index (κ2) is 5.68. The minimum absolute atomic E-state index is 0.368. The summed E-state index contributed by atoms with van der Waals surface area (Å²) in [5.74, 6) is 0. The number of anilines is 1. The minimum atomic E-state index is 0.368. The summed E-state index contributed by atoms with van der Waals surface area (Å²) in [4.78, 5) is 0. The molecule has 19 heavy (non-hydrogen) atoms. The Labute approximate surface area is 134 Å². The molecule has 2 heterocycles. The Morgan fingerprint density at radius 1 is 1.37 bits per heavy atom. The third kappa shape index (κ3) is 2.97. The van der Waals surface area contributed by atoms with Gasteiger partial charge in [-0.2, -0.15) is 0 Å². The van der Waals surface area contributed by atoms with Gasteiger partial charge in [-0.1, -0.05) is 18.5 Å². The van der Waals surface area contributed by atoms with E-state index in [1.54, 1.807) is 0 Å². The molecule has 100 valence electrons. The Kier molecular flexibility index (Phi) is 4.13. The molecule has 0 fully saturated rings. The molecule has 0 amide bonds. The largest absolute Gasteiger partial charge is 0.377 e. The van der Waals surface area contributed by atoms with Crippen molar-refractivity contribution in [2.45, 2.75) is 28.8 Å². The molecule has 0 aliphatic carbocycles. The molecule has 0 radical (unpaired) electrons. The summed E-state index contributed by atoms with van der Waals surface area (Å²) in [6.45, 7) is 2.29. The Morgan fingerprint density at radius 3 is 3.05 bits per heavy atom. The second-order valence-electron chi connectivity index (χ2n) is 4.65. The molecule has 1 nitrogen and oxygen atoms in total. The summed E-state index contributed by atoms with van der Waals surface area (Å²) < 4.78 is 2.49. The maximum absolute atomic E-state index is 6.08. The van der Waals surface area contributed by atoms with Crippen LogP contribution in [0.4, 0.5) is 5.69 Å². The van der Waals surface area contributed by atoms with E-state index in [0.717, 1.165) is 21.6 Å². The van der Waals surface area contributed by atoms with E-state index in [-0.39, 0.29) is 0 Å². The van der Waals surface area contributed by atoms with Gasteiger partial charge >= 0.3 is 0 Å². The maximum Gasteiger partial charge on any atom is 0.0653 e. The van der Waals surface area contributed by atoms with Gasteiger partial charge in [0.05, 0.1) is 15.9 Å². The van der Waals surface area contributed by atoms with Crippen molar-refractivity contribution in [1.29, 1.82) is 0 Å². The van der Waals surface area contributed by atoms with Gasteiger partial charge in [0.1, 0.15) is 0 Å². The van der Waals surface area contributed by atoms with Crippen LogP contribution in [0.5, 0.6) is 0 Å². The number of benzene rings is 1. The van der Waals surface area contributed by atoms with E-state index in [1.807, 2.05) is 41.3 Å². The Morgan fingerprint density at radius 2 is 2.21 bits per heavy atom. The molecule has 1 aliphatic rings. The fraction of sp³-hybridized carbons (Fsp3) is 0.286. The van der Waals surface area contributed by atoms with Gasteiger partial charge in [0.2, 0.25) is 0 Å². The van der Waals surface area contributed by atoms with Crippen LogP contribution in [0.15, 0.2) is 38.3 Å². The lowest BCUT2D eigenvalue weighted by molar-refractivity contribution is 0.669. The Bertz CT molecular complexity index is 599. The summed E-state index contributed by atoms with van der Waals surface area (Å²) in [7, 11) is 0. The zero-order chi connectivity index (χ0) is 13.4. The van der Waals surface area contributed by atoms with Crippen molar-refractivity contribution in [3.8, 4) is 0 Å². The Hall–Kier alpha value is -0.160. The number of hydrogen-bond donors (Lipinski definition) is 1. The van der Waals surface area contributed by atoms with Gasteiger partial charge in [-0.15, -0.1) is 23.1 Å². The summed E-state index contributed by atoms with van der Waals surface area (Å²) in [6, 6.07) is 8.46. The van der Waals surface area contributed by atoms with Gasteiger partial charge in [-0.3, -0.25) is 0 Å². The van der Waals surface area contributed by atoms with Crippen molar-refractivity contribution in [2.24, 2.45) is 0 Å². The number of thiophene rings is 1. The van der Waals surface area contributed by atoms with Crippen molar-refractivity contribution in [3.63, 3.8) is 0 Å². The fourth-order valence-corrected chi connectivity index (χ4v) is 5.38. The van der Waals surface area contributed by atoms with Crippen molar-refractivity contribution < 1.29 is 0 Å². The predicted octanol–water partition coefficient (Wildman–Crippen LogP) is 6.20. The second-order valence-corrected chi connectivity index (χ2v) is 8.56. The third-order valence-corrected chi connectivity index (χ3v) is 6.44. The lowest BCUT2D eigenvalue weighted by atomic mass is 10.0. The Balaban J connectivity index is 1.90. The van der Waals surface area contributed by atoms with Gasteiger partial charge in [-0.25, -0.2) is 0 Å². The van der Waals surface area contributed by atoms with E-state index < -0.39 is 0 Å². The van der Waals surface area contributed by atoms with Gasteiger partial charge < -0.3 is 5.32 Å². The van der Waals surface area contributed by atoms with Crippen LogP contribution in [0.3, 0.4) is 0 Å². The number of hydrogen-bond acceptors (Lipinski definition) is 3. The smallest absolute Gasteiger partial charge is 0.0653 e. The normalized spacial score (nSPS) is 22.1. The zero-order valence-corrected chi connectivity index (χ0v) is 14.3. The maximum atomic E-state index is 6.08. The molecule has 1 aliphatic heterocycles. The predicted molar refractivity (Wildman–Crippen MR) is 89.8 cm³/mol. The van der Waals surface area contributed by atoms with Crippen molar-refractivity contribution in [2.75, 3.05) is 5.32 Å². The molecule has 2 atom stereocenters. The first-order valence-electron chi connectivity index (χ1n) is 6.09. The van der Waals surface area contributed by atoms with Crippen LogP contribution in [-0.4, -0.2) is 5.25 Å². The van der Waals surface area contributed by atoms with Crippen LogP contribution in [0.1, 0.15) is 24.9 Å². The highest BCUT2D eigenvalue weighted by Gasteiger charge is 2.26. The van der Waals surface area contributed by atoms with Crippen molar-refractivity contribution in [1.82, 2.24) is 0 Å². The molecule has 2 aromatic rings. The van der Waals surface area contributed by atoms with Crippen molar-refractivity contribution >= 4 is 56.3 Å². The molecular weight excluding hydrogens is 362 g/mol. The molecule has 5 heteroatoms. The SMILES string of the molecule is C[C@H]1CC(Nc2cc(Cl)ccc2Br)c2ccsc2S1. The van der Waals surface area contributed by atoms with E-state index in [1.165, 1.54) is 9.77 Å². The first-order valence-corrected chi connectivity index (χ1v) is 9.02. The minimum Gasteiger partial charge on any atom is -0.377 e. The summed E-state index contributed by atoms with van der Waals surface area (Å²) in [5.41, 5.74) is 2.48. The highest BCUT2D eigenvalue weighted by Crippen LogP contribution is 2.45. The quantitative estimate of drug-likeness (QED) is 0.671. The molecule has 0 saturated carbocycles. The summed E-state index contributed by atoms with van der Waals surface area (Å²) in [5, 5.41) is 7.20. The van der Waals surface area contributed by atoms with E-state index >= 15 is 0 Å². The highest BCUT2D eigenvalue weighted by atomic mass is 79.9. The lowest BCUT2D eigenvalue weighted by Gasteiger charge is -2.28. The van der Waals surface area contributed by atoms with Gasteiger partial charge in [0, 0.05) is 14.7 Å². The molecular formula is C14H13BrClNS2. The molecule has 3 rings (SSSR count). The van der Waals surface area contributed by atoms with E-state index in [4.69, 9.17) is 11.6 Å². The number of thioether (sulfide) groups is 1. The number of halogens is 2. The molecule has 0 spiro atoms. The van der Waals surface area contributed by atoms with E-state index in [9.17, 15) is 0 Å². The van der Waals surface area contributed by atoms with Crippen LogP contribution in [0.25, 0.3) is 0 Å². The monoisotopic (exact) mass is 373 g/mol. The molecule has 1 aromatic heterocycles. The van der Waals surface area contributed by atoms with Crippen LogP contribution in [0, 0.1) is 0 Å². The molecule has 0 saturated heterocycles.